The van der Waals surface area contributed by atoms with E-state index in [2.05, 4.69) is 17.3 Å². The monoisotopic (exact) mass is 422 g/mol. The maximum atomic E-state index is 13.2. The van der Waals surface area contributed by atoms with E-state index < -0.39 is 0 Å². The molecular formula is C24H30N4O3. The molecule has 1 aliphatic carbocycles. The molecule has 1 N–H and O–H groups in total. The first-order valence-corrected chi connectivity index (χ1v) is 11.2. The molecule has 0 spiro atoms. The van der Waals surface area contributed by atoms with Crippen molar-refractivity contribution in [1.82, 2.24) is 15.1 Å². The van der Waals surface area contributed by atoms with Gasteiger partial charge < -0.3 is 10.2 Å². The highest BCUT2D eigenvalue weighted by atomic mass is 16.2. The van der Waals surface area contributed by atoms with Crippen LogP contribution in [-0.4, -0.2) is 33.7 Å². The maximum Gasteiger partial charge on any atom is 0.278 e. The van der Waals surface area contributed by atoms with Gasteiger partial charge in [0.1, 0.15) is 5.69 Å². The van der Waals surface area contributed by atoms with Gasteiger partial charge in [-0.15, -0.1) is 0 Å². The van der Waals surface area contributed by atoms with E-state index in [1.807, 2.05) is 31.2 Å². The van der Waals surface area contributed by atoms with Crippen molar-refractivity contribution < 1.29 is 9.59 Å². The summed E-state index contributed by atoms with van der Waals surface area (Å²) in [4.78, 5) is 39.5. The SMILES string of the molecule is CC1CCC(NC(=O)CCn2nc(C(=O)N3c4ccccc4C[C@@H]3C)ccc2=O)CC1. The minimum Gasteiger partial charge on any atom is -0.353 e. The Morgan fingerprint density at radius 3 is 2.58 bits per heavy atom. The summed E-state index contributed by atoms with van der Waals surface area (Å²) in [6, 6.07) is 10.9. The van der Waals surface area contributed by atoms with Crippen LogP contribution in [-0.2, 0) is 17.8 Å². The molecule has 2 amide bonds. The van der Waals surface area contributed by atoms with Gasteiger partial charge in [-0.1, -0.05) is 25.1 Å². The zero-order valence-corrected chi connectivity index (χ0v) is 18.2. The zero-order chi connectivity index (χ0) is 22.0. The highest BCUT2D eigenvalue weighted by Crippen LogP contribution is 2.32. The van der Waals surface area contributed by atoms with E-state index in [0.29, 0.717) is 0 Å². The molecule has 164 valence electrons. The van der Waals surface area contributed by atoms with Crippen LogP contribution < -0.4 is 15.8 Å². The average molecular weight is 423 g/mol. The number of aromatic nitrogens is 2. The predicted molar refractivity (Wildman–Crippen MR) is 119 cm³/mol. The molecule has 1 aromatic carbocycles. The van der Waals surface area contributed by atoms with Crippen LogP contribution >= 0.6 is 0 Å². The molecule has 0 unspecified atom stereocenters. The Hall–Kier alpha value is -2.96. The summed E-state index contributed by atoms with van der Waals surface area (Å²) in [5.74, 6) is 0.417. The third-order valence-corrected chi connectivity index (χ3v) is 6.44. The first-order valence-electron chi connectivity index (χ1n) is 11.2. The molecule has 1 atom stereocenters. The van der Waals surface area contributed by atoms with E-state index in [1.165, 1.54) is 16.8 Å². The second-order valence-electron chi connectivity index (χ2n) is 8.91. The number of carbonyl (C=O) groups excluding carboxylic acids is 2. The lowest BCUT2D eigenvalue weighted by Gasteiger charge is -2.26. The van der Waals surface area contributed by atoms with Gasteiger partial charge in [0.05, 0.1) is 6.54 Å². The molecule has 1 saturated carbocycles. The molecule has 0 saturated heterocycles. The summed E-state index contributed by atoms with van der Waals surface area (Å²) >= 11 is 0. The maximum absolute atomic E-state index is 13.2. The van der Waals surface area contributed by atoms with Crippen LogP contribution in [0.3, 0.4) is 0 Å². The lowest BCUT2D eigenvalue weighted by Crippen LogP contribution is -2.39. The summed E-state index contributed by atoms with van der Waals surface area (Å²) in [5, 5.41) is 7.36. The van der Waals surface area contributed by atoms with Crippen molar-refractivity contribution in [2.45, 2.75) is 71.0 Å². The smallest absolute Gasteiger partial charge is 0.278 e. The molecule has 1 aromatic heterocycles. The average Bonchev–Trinajstić information content (AvgIpc) is 3.10. The van der Waals surface area contributed by atoms with E-state index in [0.717, 1.165) is 49.3 Å². The predicted octanol–water partition coefficient (Wildman–Crippen LogP) is 2.92. The summed E-state index contributed by atoms with van der Waals surface area (Å²) < 4.78 is 1.22. The summed E-state index contributed by atoms with van der Waals surface area (Å²) in [6.45, 7) is 4.40. The number of rotatable bonds is 5. The Morgan fingerprint density at radius 2 is 1.81 bits per heavy atom. The van der Waals surface area contributed by atoms with Crippen molar-refractivity contribution in [2.24, 2.45) is 5.92 Å². The highest BCUT2D eigenvalue weighted by molar-refractivity contribution is 6.06. The van der Waals surface area contributed by atoms with Crippen molar-refractivity contribution in [3.63, 3.8) is 0 Å². The second kappa shape index (κ2) is 9.04. The van der Waals surface area contributed by atoms with Gasteiger partial charge >= 0.3 is 0 Å². The Balaban J connectivity index is 1.42. The summed E-state index contributed by atoms with van der Waals surface area (Å²) in [7, 11) is 0. The molecule has 31 heavy (non-hydrogen) atoms. The van der Waals surface area contributed by atoms with Crippen LogP contribution in [0.5, 0.6) is 0 Å². The first kappa shape index (κ1) is 21.3. The molecule has 0 radical (unpaired) electrons. The Labute approximate surface area is 182 Å². The molecule has 2 aromatic rings. The Morgan fingerprint density at radius 1 is 1.06 bits per heavy atom. The van der Waals surface area contributed by atoms with Gasteiger partial charge in [0, 0.05) is 30.3 Å². The first-order chi connectivity index (χ1) is 14.9. The second-order valence-corrected chi connectivity index (χ2v) is 8.91. The minimum absolute atomic E-state index is 0.0241. The van der Waals surface area contributed by atoms with E-state index >= 15 is 0 Å². The van der Waals surface area contributed by atoms with Gasteiger partial charge in [0.25, 0.3) is 11.5 Å². The minimum atomic E-state index is -0.314. The fourth-order valence-corrected chi connectivity index (χ4v) is 4.63. The summed E-state index contributed by atoms with van der Waals surface area (Å²) in [6.07, 6.45) is 5.23. The zero-order valence-electron chi connectivity index (χ0n) is 18.2. The largest absolute Gasteiger partial charge is 0.353 e. The molecule has 7 heteroatoms. The van der Waals surface area contributed by atoms with E-state index in [-0.39, 0.29) is 48.1 Å². The normalized spacial score (nSPS) is 22.8. The molecule has 7 nitrogen and oxygen atoms in total. The number of nitrogens with zero attached hydrogens (tertiary/aromatic N) is 3. The van der Waals surface area contributed by atoms with Crippen molar-refractivity contribution >= 4 is 17.5 Å². The molecular weight excluding hydrogens is 392 g/mol. The van der Waals surface area contributed by atoms with Crippen LogP contribution in [0.2, 0.25) is 0 Å². The lowest BCUT2D eigenvalue weighted by molar-refractivity contribution is -0.122. The molecule has 0 bridgehead atoms. The Bertz CT molecular complexity index is 1020. The molecule has 2 heterocycles. The number of carbonyl (C=O) groups is 2. The number of hydrogen-bond acceptors (Lipinski definition) is 4. The van der Waals surface area contributed by atoms with Crippen LogP contribution in [0.4, 0.5) is 5.69 Å². The number of anilines is 1. The standard InChI is InChI=1S/C24H30N4O3/c1-16-7-9-19(10-8-16)25-22(29)13-14-27-23(30)12-11-20(26-27)24(31)28-17(2)15-18-5-3-4-6-21(18)28/h3-6,11-12,16-17,19H,7-10,13-15H2,1-2H3,(H,25,29)/t16?,17-,19?/m0/s1. The molecule has 4 rings (SSSR count). The van der Waals surface area contributed by atoms with Gasteiger partial charge in [-0.2, -0.15) is 5.10 Å². The van der Waals surface area contributed by atoms with Crippen molar-refractivity contribution in [1.29, 1.82) is 0 Å². The van der Waals surface area contributed by atoms with Crippen LogP contribution in [0.1, 0.15) is 62.0 Å². The third-order valence-electron chi connectivity index (χ3n) is 6.44. The third kappa shape index (κ3) is 4.70. The summed E-state index contributed by atoms with van der Waals surface area (Å²) in [5.41, 5.74) is 1.92. The Kier molecular flexibility index (Phi) is 6.20. The van der Waals surface area contributed by atoms with Gasteiger partial charge in [-0.05, 0) is 62.6 Å². The van der Waals surface area contributed by atoms with Crippen molar-refractivity contribution in [3.8, 4) is 0 Å². The molecule has 1 aliphatic heterocycles. The van der Waals surface area contributed by atoms with Gasteiger partial charge in [-0.25, -0.2) is 4.68 Å². The van der Waals surface area contributed by atoms with E-state index in [1.54, 1.807) is 4.90 Å². The number of amides is 2. The molecule has 2 aliphatic rings. The quantitative estimate of drug-likeness (QED) is 0.803. The fourth-order valence-electron chi connectivity index (χ4n) is 4.63. The van der Waals surface area contributed by atoms with Crippen LogP contribution in [0.25, 0.3) is 0 Å². The number of nitrogens with one attached hydrogen (secondary N) is 1. The molecule has 1 fully saturated rings. The van der Waals surface area contributed by atoms with E-state index in [4.69, 9.17) is 0 Å². The number of benzene rings is 1. The topological polar surface area (TPSA) is 84.3 Å². The van der Waals surface area contributed by atoms with Crippen molar-refractivity contribution in [2.75, 3.05) is 4.90 Å². The lowest BCUT2D eigenvalue weighted by atomic mass is 9.87. The van der Waals surface area contributed by atoms with Crippen LogP contribution in [0, 0.1) is 5.92 Å². The fraction of sp³-hybridized carbons (Fsp3) is 0.500. The van der Waals surface area contributed by atoms with Gasteiger partial charge in [-0.3, -0.25) is 14.4 Å². The number of hydrogen-bond donors (Lipinski definition) is 1. The highest BCUT2D eigenvalue weighted by Gasteiger charge is 2.32. The number of aryl methyl sites for hydroxylation is 1. The van der Waals surface area contributed by atoms with Crippen molar-refractivity contribution in [3.05, 3.63) is 58.0 Å². The van der Waals surface area contributed by atoms with E-state index in [9.17, 15) is 14.4 Å². The number of fused-ring (bicyclic) bond motifs is 1. The van der Waals surface area contributed by atoms with Gasteiger partial charge in [0.2, 0.25) is 5.91 Å². The van der Waals surface area contributed by atoms with Gasteiger partial charge in [0.15, 0.2) is 0 Å². The number of para-hydroxylation sites is 1. The van der Waals surface area contributed by atoms with Crippen LogP contribution in [0.15, 0.2) is 41.2 Å².